The minimum absolute atomic E-state index is 0.285. The number of carbonyl (C=O) groups excluding carboxylic acids is 1. The minimum atomic E-state index is -1.02. The number of aliphatic carboxylic acids is 1. The SMILES string of the molecule is COc1cc(C(=O)NC(CC2CC2)C(=O)O)cc2c1OCCO2. The van der Waals surface area contributed by atoms with Gasteiger partial charge in [0.2, 0.25) is 5.75 Å². The Balaban J connectivity index is 1.79. The molecular formula is C16H19NO6. The largest absolute Gasteiger partial charge is 0.493 e. The van der Waals surface area contributed by atoms with E-state index in [1.54, 1.807) is 6.07 Å². The standard InChI is InChI=1S/C16H19NO6/c1-21-12-7-10(8-13-14(12)23-5-4-22-13)15(18)17-11(16(19)20)6-9-2-3-9/h7-9,11H,2-6H2,1H3,(H,17,18)(H,19,20). The van der Waals surface area contributed by atoms with Crippen LogP contribution < -0.4 is 19.5 Å². The molecule has 2 aliphatic rings. The molecule has 1 amide bonds. The average molecular weight is 321 g/mol. The molecule has 124 valence electrons. The Hall–Kier alpha value is -2.44. The van der Waals surface area contributed by atoms with Crippen LogP contribution >= 0.6 is 0 Å². The van der Waals surface area contributed by atoms with Crippen molar-refractivity contribution in [1.29, 1.82) is 0 Å². The molecule has 2 N–H and O–H groups in total. The Labute approximate surface area is 133 Å². The van der Waals surface area contributed by atoms with Crippen LogP contribution in [-0.2, 0) is 4.79 Å². The van der Waals surface area contributed by atoms with Crippen LogP contribution in [0.3, 0.4) is 0 Å². The van der Waals surface area contributed by atoms with Crippen molar-refractivity contribution in [2.24, 2.45) is 5.92 Å². The lowest BCUT2D eigenvalue weighted by Gasteiger charge is -2.21. The van der Waals surface area contributed by atoms with Gasteiger partial charge in [0.1, 0.15) is 19.3 Å². The first-order valence-corrected chi connectivity index (χ1v) is 7.59. The average Bonchev–Trinajstić information content (AvgIpc) is 3.37. The molecule has 0 bridgehead atoms. The van der Waals surface area contributed by atoms with Gasteiger partial charge >= 0.3 is 5.97 Å². The minimum Gasteiger partial charge on any atom is -0.493 e. The Bertz CT molecular complexity index is 608. The van der Waals surface area contributed by atoms with Gasteiger partial charge in [-0.25, -0.2) is 4.79 Å². The fourth-order valence-electron chi connectivity index (χ4n) is 2.55. The second kappa shape index (κ2) is 6.36. The van der Waals surface area contributed by atoms with E-state index in [0.29, 0.717) is 42.8 Å². The van der Waals surface area contributed by atoms with Crippen LogP contribution in [0, 0.1) is 5.92 Å². The van der Waals surface area contributed by atoms with Crippen LogP contribution in [0.1, 0.15) is 29.6 Å². The van der Waals surface area contributed by atoms with E-state index in [0.717, 1.165) is 12.8 Å². The summed E-state index contributed by atoms with van der Waals surface area (Å²) in [6, 6.07) is 2.19. The van der Waals surface area contributed by atoms with Crippen molar-refractivity contribution >= 4 is 11.9 Å². The Morgan fingerprint density at radius 3 is 2.74 bits per heavy atom. The highest BCUT2D eigenvalue weighted by atomic mass is 16.6. The van der Waals surface area contributed by atoms with E-state index >= 15 is 0 Å². The van der Waals surface area contributed by atoms with Gasteiger partial charge in [-0.3, -0.25) is 4.79 Å². The van der Waals surface area contributed by atoms with Crippen molar-refractivity contribution in [1.82, 2.24) is 5.32 Å². The normalized spacial score (nSPS) is 17.3. The zero-order valence-electron chi connectivity index (χ0n) is 12.8. The van der Waals surface area contributed by atoms with E-state index < -0.39 is 17.9 Å². The van der Waals surface area contributed by atoms with E-state index in [1.807, 2.05) is 0 Å². The summed E-state index contributed by atoms with van der Waals surface area (Å²) in [6.45, 7) is 0.804. The number of methoxy groups -OCH3 is 1. The third kappa shape index (κ3) is 3.49. The van der Waals surface area contributed by atoms with Crippen LogP contribution in [0.2, 0.25) is 0 Å². The molecule has 1 aromatic rings. The molecule has 1 saturated carbocycles. The van der Waals surface area contributed by atoms with Gasteiger partial charge in [0.25, 0.3) is 5.91 Å². The number of carboxylic acid groups (broad SMARTS) is 1. The molecule has 7 nitrogen and oxygen atoms in total. The van der Waals surface area contributed by atoms with Crippen molar-refractivity contribution in [3.8, 4) is 17.2 Å². The number of nitrogens with one attached hydrogen (secondary N) is 1. The molecule has 0 saturated heterocycles. The number of hydrogen-bond donors (Lipinski definition) is 2. The molecule has 0 spiro atoms. The summed E-state index contributed by atoms with van der Waals surface area (Å²) in [7, 11) is 1.47. The van der Waals surface area contributed by atoms with E-state index in [1.165, 1.54) is 13.2 Å². The molecule has 1 heterocycles. The summed E-state index contributed by atoms with van der Waals surface area (Å²) in [5.74, 6) is 0.189. The summed E-state index contributed by atoms with van der Waals surface area (Å²) in [5, 5.41) is 11.8. The van der Waals surface area contributed by atoms with Crippen molar-refractivity contribution in [2.45, 2.75) is 25.3 Å². The topological polar surface area (TPSA) is 94.1 Å². The van der Waals surface area contributed by atoms with Gasteiger partial charge in [-0.15, -0.1) is 0 Å². The van der Waals surface area contributed by atoms with Crippen LogP contribution in [0.25, 0.3) is 0 Å². The van der Waals surface area contributed by atoms with E-state index in [-0.39, 0.29) is 5.56 Å². The van der Waals surface area contributed by atoms with E-state index in [9.17, 15) is 14.7 Å². The molecule has 7 heteroatoms. The van der Waals surface area contributed by atoms with Gasteiger partial charge < -0.3 is 24.6 Å². The smallest absolute Gasteiger partial charge is 0.326 e. The van der Waals surface area contributed by atoms with Crippen LogP contribution in [-0.4, -0.2) is 43.3 Å². The molecular weight excluding hydrogens is 302 g/mol. The summed E-state index contributed by atoms with van der Waals surface area (Å²) in [5.41, 5.74) is 0.285. The molecule has 3 rings (SSSR count). The monoisotopic (exact) mass is 321 g/mol. The Morgan fingerprint density at radius 2 is 2.09 bits per heavy atom. The Kier molecular flexibility index (Phi) is 4.27. The predicted molar refractivity (Wildman–Crippen MR) is 80.2 cm³/mol. The lowest BCUT2D eigenvalue weighted by Crippen LogP contribution is -2.41. The lowest BCUT2D eigenvalue weighted by atomic mass is 10.1. The third-order valence-electron chi connectivity index (χ3n) is 3.96. The molecule has 1 unspecified atom stereocenters. The number of rotatable bonds is 6. The molecule has 23 heavy (non-hydrogen) atoms. The van der Waals surface area contributed by atoms with Gasteiger partial charge in [0.15, 0.2) is 11.5 Å². The number of fused-ring (bicyclic) bond motifs is 1. The number of carboxylic acids is 1. The number of benzene rings is 1. The quantitative estimate of drug-likeness (QED) is 0.823. The summed E-state index contributed by atoms with van der Waals surface area (Å²) >= 11 is 0. The fourth-order valence-corrected chi connectivity index (χ4v) is 2.55. The number of ether oxygens (including phenoxy) is 3. The molecule has 0 radical (unpaired) electrons. The zero-order valence-corrected chi connectivity index (χ0v) is 12.8. The third-order valence-corrected chi connectivity index (χ3v) is 3.96. The van der Waals surface area contributed by atoms with Gasteiger partial charge in [0, 0.05) is 5.56 Å². The van der Waals surface area contributed by atoms with Gasteiger partial charge in [-0.2, -0.15) is 0 Å². The van der Waals surface area contributed by atoms with Crippen molar-refractivity contribution < 1.29 is 28.9 Å². The molecule has 1 aliphatic heterocycles. The van der Waals surface area contributed by atoms with Crippen LogP contribution in [0.4, 0.5) is 0 Å². The number of amides is 1. The highest BCUT2D eigenvalue weighted by Gasteiger charge is 2.31. The maximum Gasteiger partial charge on any atom is 0.326 e. The Morgan fingerprint density at radius 1 is 1.35 bits per heavy atom. The fraction of sp³-hybridized carbons (Fsp3) is 0.500. The molecule has 1 atom stereocenters. The van der Waals surface area contributed by atoms with Crippen LogP contribution in [0.5, 0.6) is 17.2 Å². The summed E-state index contributed by atoms with van der Waals surface area (Å²) in [6.07, 6.45) is 2.51. The molecule has 1 fully saturated rings. The highest BCUT2D eigenvalue weighted by Crippen LogP contribution is 2.40. The predicted octanol–water partition coefficient (Wildman–Crippen LogP) is 1.45. The molecule has 1 aromatic carbocycles. The van der Waals surface area contributed by atoms with Crippen molar-refractivity contribution in [2.75, 3.05) is 20.3 Å². The summed E-state index contributed by atoms with van der Waals surface area (Å²) < 4.78 is 16.2. The van der Waals surface area contributed by atoms with E-state index in [4.69, 9.17) is 14.2 Å². The maximum atomic E-state index is 12.4. The molecule has 0 aromatic heterocycles. The van der Waals surface area contributed by atoms with Crippen LogP contribution in [0.15, 0.2) is 12.1 Å². The summed E-state index contributed by atoms with van der Waals surface area (Å²) in [4.78, 5) is 23.7. The van der Waals surface area contributed by atoms with E-state index in [2.05, 4.69) is 5.32 Å². The first-order valence-electron chi connectivity index (χ1n) is 7.59. The van der Waals surface area contributed by atoms with Crippen molar-refractivity contribution in [3.63, 3.8) is 0 Å². The first-order chi connectivity index (χ1) is 11.1. The van der Waals surface area contributed by atoms with Crippen molar-refractivity contribution in [3.05, 3.63) is 17.7 Å². The number of carbonyl (C=O) groups is 2. The zero-order chi connectivity index (χ0) is 16.4. The van der Waals surface area contributed by atoms with Gasteiger partial charge in [-0.1, -0.05) is 12.8 Å². The molecule has 1 aliphatic carbocycles. The lowest BCUT2D eigenvalue weighted by molar-refractivity contribution is -0.139. The number of hydrogen-bond acceptors (Lipinski definition) is 5. The second-order valence-corrected chi connectivity index (χ2v) is 5.75. The first kappa shape index (κ1) is 15.5. The highest BCUT2D eigenvalue weighted by molar-refractivity contribution is 5.97. The maximum absolute atomic E-state index is 12.4. The second-order valence-electron chi connectivity index (χ2n) is 5.75. The van der Waals surface area contributed by atoms with Gasteiger partial charge in [-0.05, 0) is 24.5 Å². The van der Waals surface area contributed by atoms with Gasteiger partial charge in [0.05, 0.1) is 7.11 Å².